The summed E-state index contributed by atoms with van der Waals surface area (Å²) in [6.45, 7) is -1.26. The van der Waals surface area contributed by atoms with E-state index in [1.165, 1.54) is 21.3 Å². The van der Waals surface area contributed by atoms with Crippen molar-refractivity contribution in [2.45, 2.75) is 11.1 Å². The number of halogens is 3. The fourth-order valence-electron chi connectivity index (χ4n) is 2.16. The Bertz CT molecular complexity index is 641. The van der Waals surface area contributed by atoms with Crippen LogP contribution in [0.25, 0.3) is 0 Å². The van der Waals surface area contributed by atoms with E-state index in [0.717, 1.165) is 0 Å². The Balaban J connectivity index is 1.92. The Kier molecular flexibility index (Phi) is 5.15. The van der Waals surface area contributed by atoms with Crippen LogP contribution in [0.5, 0.6) is 0 Å². The van der Waals surface area contributed by atoms with Gasteiger partial charge < -0.3 is 10.2 Å². The first-order valence-electron chi connectivity index (χ1n) is 6.85. The zero-order valence-corrected chi connectivity index (χ0v) is 12.9. The van der Waals surface area contributed by atoms with Crippen LogP contribution < -0.4 is 5.32 Å². The van der Waals surface area contributed by atoms with Crippen LogP contribution in [0.4, 0.5) is 18.0 Å². The molecule has 1 heterocycles. The van der Waals surface area contributed by atoms with Crippen molar-refractivity contribution >= 4 is 16.1 Å². The Morgan fingerprint density at radius 3 is 2.17 bits per heavy atom. The molecule has 1 aromatic rings. The Morgan fingerprint density at radius 2 is 1.65 bits per heavy atom. The number of nitrogens with one attached hydrogen (secondary N) is 1. The van der Waals surface area contributed by atoms with Gasteiger partial charge in [0.15, 0.2) is 0 Å². The van der Waals surface area contributed by atoms with Crippen LogP contribution >= 0.6 is 0 Å². The molecule has 1 aliphatic rings. The highest BCUT2D eigenvalue weighted by Gasteiger charge is 2.32. The van der Waals surface area contributed by atoms with Crippen LogP contribution in [0.15, 0.2) is 35.2 Å². The molecule has 2 amide bonds. The van der Waals surface area contributed by atoms with Crippen molar-refractivity contribution in [1.82, 2.24) is 14.5 Å². The lowest BCUT2D eigenvalue weighted by molar-refractivity contribution is -0.123. The van der Waals surface area contributed by atoms with Gasteiger partial charge in [-0.2, -0.15) is 17.5 Å². The van der Waals surface area contributed by atoms with Gasteiger partial charge in [-0.3, -0.25) is 0 Å². The monoisotopic (exact) mass is 351 g/mol. The third-order valence-corrected chi connectivity index (χ3v) is 5.26. The highest BCUT2D eigenvalue weighted by molar-refractivity contribution is 7.89. The number of urea groups is 1. The van der Waals surface area contributed by atoms with Crippen LogP contribution in [0.1, 0.15) is 0 Å². The summed E-state index contributed by atoms with van der Waals surface area (Å²) in [7, 11) is -3.65. The summed E-state index contributed by atoms with van der Waals surface area (Å²) >= 11 is 0. The normalized spacial score (nSPS) is 17.1. The van der Waals surface area contributed by atoms with Crippen molar-refractivity contribution < 1.29 is 26.4 Å². The summed E-state index contributed by atoms with van der Waals surface area (Å²) in [5.74, 6) is 0. The van der Waals surface area contributed by atoms with E-state index in [-0.39, 0.29) is 31.1 Å². The lowest BCUT2D eigenvalue weighted by atomic mass is 10.4. The standard InChI is InChI=1S/C13H16F3N3O3S/c14-13(15,16)10-17-12(20)18-6-8-19(9-7-18)23(21,22)11-4-2-1-3-5-11/h1-5H,6-10H2,(H,17,20). The van der Waals surface area contributed by atoms with Crippen LogP contribution in [0.3, 0.4) is 0 Å². The van der Waals surface area contributed by atoms with Crippen molar-refractivity contribution in [2.75, 3.05) is 32.7 Å². The number of carbonyl (C=O) groups is 1. The number of benzene rings is 1. The molecule has 0 radical (unpaired) electrons. The lowest BCUT2D eigenvalue weighted by Crippen LogP contribution is -2.53. The van der Waals surface area contributed by atoms with Gasteiger partial charge in [0.2, 0.25) is 10.0 Å². The van der Waals surface area contributed by atoms with Crippen LogP contribution in [0.2, 0.25) is 0 Å². The molecule has 1 fully saturated rings. The summed E-state index contributed by atoms with van der Waals surface area (Å²) in [5.41, 5.74) is 0. The van der Waals surface area contributed by atoms with Crippen LogP contribution in [-0.4, -0.2) is 62.6 Å². The van der Waals surface area contributed by atoms with Gasteiger partial charge in [-0.1, -0.05) is 18.2 Å². The quantitative estimate of drug-likeness (QED) is 0.892. The highest BCUT2D eigenvalue weighted by atomic mass is 32.2. The minimum atomic E-state index is -4.48. The van der Waals surface area contributed by atoms with E-state index in [2.05, 4.69) is 0 Å². The SMILES string of the molecule is O=C(NCC(F)(F)F)N1CCN(S(=O)(=O)c2ccccc2)CC1. The third-order valence-electron chi connectivity index (χ3n) is 3.35. The lowest BCUT2D eigenvalue weighted by Gasteiger charge is -2.34. The first kappa shape index (κ1) is 17.5. The van der Waals surface area contributed by atoms with E-state index in [1.54, 1.807) is 23.5 Å². The molecule has 1 N–H and O–H groups in total. The largest absolute Gasteiger partial charge is 0.405 e. The number of hydrogen-bond acceptors (Lipinski definition) is 3. The zero-order chi connectivity index (χ0) is 17.1. The molecule has 10 heteroatoms. The molecule has 0 bridgehead atoms. The van der Waals surface area contributed by atoms with Gasteiger partial charge in [0.05, 0.1) is 4.90 Å². The zero-order valence-electron chi connectivity index (χ0n) is 12.1. The molecule has 0 spiro atoms. The number of hydrogen-bond donors (Lipinski definition) is 1. The molecule has 0 aromatic heterocycles. The van der Waals surface area contributed by atoms with Crippen molar-refractivity contribution in [3.05, 3.63) is 30.3 Å². The molecule has 23 heavy (non-hydrogen) atoms. The predicted molar refractivity (Wildman–Crippen MR) is 76.2 cm³/mol. The van der Waals surface area contributed by atoms with Gasteiger partial charge in [0, 0.05) is 26.2 Å². The molecule has 0 aliphatic carbocycles. The second-order valence-electron chi connectivity index (χ2n) is 4.98. The molecule has 128 valence electrons. The van der Waals surface area contributed by atoms with Gasteiger partial charge in [0.1, 0.15) is 6.54 Å². The predicted octanol–water partition coefficient (Wildman–Crippen LogP) is 1.26. The molecule has 0 saturated carbocycles. The maximum atomic E-state index is 12.4. The average Bonchev–Trinajstić information content (AvgIpc) is 2.53. The van der Waals surface area contributed by atoms with Gasteiger partial charge in [-0.15, -0.1) is 0 Å². The van der Waals surface area contributed by atoms with Gasteiger partial charge in [0.25, 0.3) is 0 Å². The molecule has 1 saturated heterocycles. The molecule has 1 aromatic carbocycles. The van der Waals surface area contributed by atoms with Gasteiger partial charge in [-0.25, -0.2) is 13.2 Å². The van der Waals surface area contributed by atoms with Crippen molar-refractivity contribution in [1.29, 1.82) is 0 Å². The summed E-state index contributed by atoms with van der Waals surface area (Å²) in [6, 6.07) is 7.00. The van der Waals surface area contributed by atoms with E-state index >= 15 is 0 Å². The van der Waals surface area contributed by atoms with E-state index in [9.17, 15) is 26.4 Å². The number of alkyl halides is 3. The number of nitrogens with zero attached hydrogens (tertiary/aromatic N) is 2. The molecule has 6 nitrogen and oxygen atoms in total. The molecule has 2 rings (SSSR count). The van der Waals surface area contributed by atoms with Crippen molar-refractivity contribution in [3.63, 3.8) is 0 Å². The second-order valence-corrected chi connectivity index (χ2v) is 6.92. The molecule has 0 atom stereocenters. The van der Waals surface area contributed by atoms with Crippen LogP contribution in [0, 0.1) is 0 Å². The third kappa shape index (κ3) is 4.58. The first-order chi connectivity index (χ1) is 10.7. The van der Waals surface area contributed by atoms with E-state index in [4.69, 9.17) is 0 Å². The summed E-state index contributed by atoms with van der Waals surface area (Å²) in [5, 5.41) is 1.77. The van der Waals surface area contributed by atoms with E-state index in [1.807, 2.05) is 0 Å². The summed E-state index contributed by atoms with van der Waals surface area (Å²) in [4.78, 5) is 12.9. The minimum absolute atomic E-state index is 0.0375. The Labute approximate surface area is 131 Å². The second kappa shape index (κ2) is 6.75. The average molecular weight is 351 g/mol. The smallest absolute Gasteiger partial charge is 0.329 e. The summed E-state index contributed by atoms with van der Waals surface area (Å²) in [6.07, 6.45) is -4.48. The molecule has 0 unspecified atom stereocenters. The maximum absolute atomic E-state index is 12.4. The number of piperazine rings is 1. The van der Waals surface area contributed by atoms with E-state index < -0.39 is 28.8 Å². The number of rotatable bonds is 3. The number of carbonyl (C=O) groups excluding carboxylic acids is 1. The Hall–Kier alpha value is -1.81. The fraction of sp³-hybridized carbons (Fsp3) is 0.462. The maximum Gasteiger partial charge on any atom is 0.405 e. The fourth-order valence-corrected chi connectivity index (χ4v) is 3.60. The topological polar surface area (TPSA) is 69.7 Å². The van der Waals surface area contributed by atoms with Gasteiger partial charge >= 0.3 is 12.2 Å². The van der Waals surface area contributed by atoms with Crippen molar-refractivity contribution in [2.24, 2.45) is 0 Å². The summed E-state index contributed by atoms with van der Waals surface area (Å²) < 4.78 is 62.2. The number of amides is 2. The Morgan fingerprint density at radius 1 is 1.09 bits per heavy atom. The van der Waals surface area contributed by atoms with Gasteiger partial charge in [-0.05, 0) is 12.1 Å². The molecular weight excluding hydrogens is 335 g/mol. The van der Waals surface area contributed by atoms with Crippen LogP contribution in [-0.2, 0) is 10.0 Å². The highest BCUT2D eigenvalue weighted by Crippen LogP contribution is 2.17. The first-order valence-corrected chi connectivity index (χ1v) is 8.29. The number of sulfonamides is 1. The van der Waals surface area contributed by atoms with E-state index in [0.29, 0.717) is 0 Å². The minimum Gasteiger partial charge on any atom is -0.329 e. The molecule has 1 aliphatic heterocycles. The van der Waals surface area contributed by atoms with Crippen molar-refractivity contribution in [3.8, 4) is 0 Å². The molecular formula is C13H16F3N3O3S.